The van der Waals surface area contributed by atoms with E-state index in [1.165, 1.54) is 9.36 Å². The summed E-state index contributed by atoms with van der Waals surface area (Å²) in [5, 5.41) is 0.970. The van der Waals surface area contributed by atoms with Crippen LogP contribution in [0.25, 0.3) is 10.8 Å². The first-order chi connectivity index (χ1) is 7.16. The first-order valence-electron chi connectivity index (χ1n) is 4.85. The van der Waals surface area contributed by atoms with E-state index >= 15 is 0 Å². The van der Waals surface area contributed by atoms with Crippen molar-refractivity contribution in [3.63, 3.8) is 0 Å². The van der Waals surface area contributed by atoms with Gasteiger partial charge in [0.1, 0.15) is 0 Å². The molecule has 2 aromatic rings. The number of aromatic nitrogens is 2. The van der Waals surface area contributed by atoms with Gasteiger partial charge in [0.05, 0.1) is 10.8 Å². The molecule has 0 amide bonds. The Kier molecular flexibility index (Phi) is 2.19. The molecular weight excluding hydrogens is 192 g/mol. The molecule has 1 aromatic heterocycles. The monoisotopic (exact) mass is 204 g/mol. The second-order valence-electron chi connectivity index (χ2n) is 3.40. The summed E-state index contributed by atoms with van der Waals surface area (Å²) in [6, 6.07) is 6.90. The van der Waals surface area contributed by atoms with Gasteiger partial charge in [-0.3, -0.25) is 14.3 Å². The molecule has 0 aliphatic carbocycles. The van der Waals surface area contributed by atoms with Crippen LogP contribution in [-0.4, -0.2) is 9.36 Å². The summed E-state index contributed by atoms with van der Waals surface area (Å²) in [7, 11) is 1.61. The predicted octanol–water partition coefficient (Wildman–Crippen LogP) is 0.720. The Hall–Kier alpha value is -1.84. The third-order valence-electron chi connectivity index (χ3n) is 2.58. The van der Waals surface area contributed by atoms with Gasteiger partial charge in [0.25, 0.3) is 11.1 Å². The molecular formula is C11H12N2O2. The van der Waals surface area contributed by atoms with Crippen LogP contribution in [0.15, 0.2) is 33.9 Å². The predicted molar refractivity (Wildman–Crippen MR) is 59.1 cm³/mol. The maximum Gasteiger partial charge on any atom is 0.273 e. The first-order valence-corrected chi connectivity index (χ1v) is 4.85. The summed E-state index contributed by atoms with van der Waals surface area (Å²) in [6.07, 6.45) is 0. The molecule has 0 N–H and O–H groups in total. The van der Waals surface area contributed by atoms with Crippen molar-refractivity contribution in [1.29, 1.82) is 0 Å². The maximum absolute atomic E-state index is 11.9. The Morgan fingerprint density at radius 1 is 1.07 bits per heavy atom. The lowest BCUT2D eigenvalue weighted by atomic mass is 10.2. The molecule has 0 fully saturated rings. The number of fused-ring (bicyclic) bond motifs is 1. The van der Waals surface area contributed by atoms with Crippen LogP contribution in [0.4, 0.5) is 0 Å². The topological polar surface area (TPSA) is 44.0 Å². The van der Waals surface area contributed by atoms with Crippen molar-refractivity contribution in [2.24, 2.45) is 7.05 Å². The summed E-state index contributed by atoms with van der Waals surface area (Å²) in [5.41, 5.74) is -0.248. The van der Waals surface area contributed by atoms with Crippen molar-refractivity contribution in [3.05, 3.63) is 45.0 Å². The Morgan fingerprint density at radius 2 is 1.60 bits per heavy atom. The highest BCUT2D eigenvalue weighted by molar-refractivity contribution is 5.80. The van der Waals surface area contributed by atoms with Gasteiger partial charge in [-0.05, 0) is 19.1 Å². The molecule has 15 heavy (non-hydrogen) atoms. The first kappa shape index (κ1) is 9.71. The number of hydrogen-bond acceptors (Lipinski definition) is 2. The highest BCUT2D eigenvalue weighted by atomic mass is 16.2. The molecule has 0 radical (unpaired) electrons. The third-order valence-corrected chi connectivity index (χ3v) is 2.58. The van der Waals surface area contributed by atoms with E-state index in [0.29, 0.717) is 17.3 Å². The summed E-state index contributed by atoms with van der Waals surface area (Å²) < 4.78 is 2.80. The third kappa shape index (κ3) is 1.29. The highest BCUT2D eigenvalue weighted by Crippen LogP contribution is 2.02. The van der Waals surface area contributed by atoms with Crippen molar-refractivity contribution in [3.8, 4) is 0 Å². The SMILES string of the molecule is CCn1c(=O)c2ccccc2c(=O)n1C. The van der Waals surface area contributed by atoms with E-state index in [9.17, 15) is 9.59 Å². The van der Waals surface area contributed by atoms with Crippen LogP contribution in [0.1, 0.15) is 6.92 Å². The lowest BCUT2D eigenvalue weighted by molar-refractivity contribution is 0.490. The average molecular weight is 204 g/mol. The van der Waals surface area contributed by atoms with Crippen LogP contribution in [0.5, 0.6) is 0 Å². The molecule has 0 aliphatic heterocycles. The molecule has 0 aliphatic rings. The molecule has 4 heteroatoms. The quantitative estimate of drug-likeness (QED) is 0.687. The minimum Gasteiger partial charge on any atom is -0.267 e. The molecule has 0 bridgehead atoms. The minimum absolute atomic E-state index is 0.116. The van der Waals surface area contributed by atoms with E-state index in [-0.39, 0.29) is 11.1 Å². The molecule has 4 nitrogen and oxygen atoms in total. The Balaban J connectivity index is 3.10. The van der Waals surface area contributed by atoms with Crippen LogP contribution >= 0.6 is 0 Å². The summed E-state index contributed by atoms with van der Waals surface area (Å²) in [5.74, 6) is 0. The molecule has 0 spiro atoms. The fourth-order valence-electron chi connectivity index (χ4n) is 1.77. The van der Waals surface area contributed by atoms with E-state index in [1.807, 2.05) is 6.92 Å². The molecule has 78 valence electrons. The molecule has 1 aromatic carbocycles. The standard InChI is InChI=1S/C11H12N2O2/c1-3-13-11(15)9-7-5-4-6-8(9)10(14)12(13)2/h4-7H,3H2,1-2H3. The fourth-order valence-corrected chi connectivity index (χ4v) is 1.77. The zero-order chi connectivity index (χ0) is 11.0. The number of hydrogen-bond donors (Lipinski definition) is 0. The lowest BCUT2D eigenvalue weighted by Gasteiger charge is -2.10. The van der Waals surface area contributed by atoms with Crippen LogP contribution < -0.4 is 11.1 Å². The molecule has 1 heterocycles. The lowest BCUT2D eigenvalue weighted by Crippen LogP contribution is -2.36. The van der Waals surface area contributed by atoms with Crippen LogP contribution in [0, 0.1) is 0 Å². The van der Waals surface area contributed by atoms with Gasteiger partial charge in [0.15, 0.2) is 0 Å². The summed E-state index contributed by atoms with van der Waals surface area (Å²) in [6.45, 7) is 2.34. The maximum atomic E-state index is 11.9. The van der Waals surface area contributed by atoms with E-state index in [4.69, 9.17) is 0 Å². The van der Waals surface area contributed by atoms with Gasteiger partial charge in [-0.25, -0.2) is 4.68 Å². The van der Waals surface area contributed by atoms with Crippen molar-refractivity contribution in [2.75, 3.05) is 0 Å². The molecule has 0 unspecified atom stereocenters. The highest BCUT2D eigenvalue weighted by Gasteiger charge is 2.07. The molecule has 0 saturated heterocycles. The number of nitrogens with zero attached hydrogens (tertiary/aromatic N) is 2. The van der Waals surface area contributed by atoms with Gasteiger partial charge < -0.3 is 0 Å². The number of benzene rings is 1. The Bertz CT molecular complexity index is 623. The van der Waals surface area contributed by atoms with Gasteiger partial charge in [0.2, 0.25) is 0 Å². The van der Waals surface area contributed by atoms with E-state index in [1.54, 1.807) is 31.3 Å². The molecule has 0 saturated carbocycles. The summed E-state index contributed by atoms with van der Waals surface area (Å²) >= 11 is 0. The van der Waals surface area contributed by atoms with Crippen LogP contribution in [0.2, 0.25) is 0 Å². The fraction of sp³-hybridized carbons (Fsp3) is 0.273. The van der Waals surface area contributed by atoms with Crippen molar-refractivity contribution in [1.82, 2.24) is 9.36 Å². The minimum atomic E-state index is -0.132. The van der Waals surface area contributed by atoms with Gasteiger partial charge in [-0.15, -0.1) is 0 Å². The number of rotatable bonds is 1. The Labute approximate surface area is 86.4 Å². The van der Waals surface area contributed by atoms with Gasteiger partial charge >= 0.3 is 0 Å². The van der Waals surface area contributed by atoms with Crippen molar-refractivity contribution < 1.29 is 0 Å². The largest absolute Gasteiger partial charge is 0.273 e. The second-order valence-corrected chi connectivity index (χ2v) is 3.40. The zero-order valence-electron chi connectivity index (χ0n) is 8.73. The zero-order valence-corrected chi connectivity index (χ0v) is 8.73. The van der Waals surface area contributed by atoms with Crippen molar-refractivity contribution >= 4 is 10.8 Å². The van der Waals surface area contributed by atoms with Crippen LogP contribution in [-0.2, 0) is 13.6 Å². The molecule has 2 rings (SSSR count). The smallest absolute Gasteiger partial charge is 0.267 e. The van der Waals surface area contributed by atoms with E-state index in [2.05, 4.69) is 0 Å². The van der Waals surface area contributed by atoms with Crippen LogP contribution in [0.3, 0.4) is 0 Å². The van der Waals surface area contributed by atoms with Gasteiger partial charge in [0, 0.05) is 13.6 Å². The normalized spacial score (nSPS) is 10.8. The van der Waals surface area contributed by atoms with Gasteiger partial charge in [-0.1, -0.05) is 12.1 Å². The van der Waals surface area contributed by atoms with Crippen molar-refractivity contribution in [2.45, 2.75) is 13.5 Å². The van der Waals surface area contributed by atoms with E-state index < -0.39 is 0 Å². The molecule has 0 atom stereocenters. The summed E-state index contributed by atoms with van der Waals surface area (Å²) in [4.78, 5) is 23.8. The Morgan fingerprint density at radius 3 is 2.13 bits per heavy atom. The second kappa shape index (κ2) is 3.38. The average Bonchev–Trinajstić information content (AvgIpc) is 2.27. The van der Waals surface area contributed by atoms with Gasteiger partial charge in [-0.2, -0.15) is 0 Å². The van der Waals surface area contributed by atoms with E-state index in [0.717, 1.165) is 0 Å².